The van der Waals surface area contributed by atoms with Crippen LogP contribution >= 0.6 is 11.6 Å². The third kappa shape index (κ3) is 4.51. The van der Waals surface area contributed by atoms with Crippen LogP contribution in [0.5, 0.6) is 0 Å². The van der Waals surface area contributed by atoms with Crippen molar-refractivity contribution >= 4 is 28.4 Å². The molecular weight excluding hydrogens is 386 g/mol. The van der Waals surface area contributed by atoms with E-state index in [1.165, 1.54) is 16.5 Å². The van der Waals surface area contributed by atoms with Gasteiger partial charge in [-0.2, -0.15) is 0 Å². The Morgan fingerprint density at radius 1 is 1.24 bits per heavy atom. The second kappa shape index (κ2) is 8.64. The van der Waals surface area contributed by atoms with E-state index in [-0.39, 0.29) is 11.8 Å². The van der Waals surface area contributed by atoms with Crippen LogP contribution < -0.4 is 5.32 Å². The lowest BCUT2D eigenvalue weighted by molar-refractivity contribution is -0.126. The molecule has 0 spiro atoms. The van der Waals surface area contributed by atoms with Gasteiger partial charge in [-0.05, 0) is 75.7 Å². The van der Waals surface area contributed by atoms with Gasteiger partial charge in [0.15, 0.2) is 0 Å². The number of aromatic nitrogens is 1. The maximum Gasteiger partial charge on any atom is 0.223 e. The minimum Gasteiger partial charge on any atom is -0.465 e. The number of nitrogens with one attached hydrogen (secondary N) is 1. The summed E-state index contributed by atoms with van der Waals surface area (Å²) in [6.45, 7) is 8.22. The molecule has 1 aromatic carbocycles. The van der Waals surface area contributed by atoms with Gasteiger partial charge in [-0.1, -0.05) is 11.6 Å². The molecule has 0 radical (unpaired) electrons. The molecular formula is C23H28ClN3O2. The predicted octanol–water partition coefficient (Wildman–Crippen LogP) is 4.74. The van der Waals surface area contributed by atoms with E-state index >= 15 is 0 Å². The monoisotopic (exact) mass is 413 g/mol. The van der Waals surface area contributed by atoms with Gasteiger partial charge in [0.1, 0.15) is 11.5 Å². The van der Waals surface area contributed by atoms with Gasteiger partial charge in [-0.15, -0.1) is 0 Å². The molecule has 0 unspecified atom stereocenters. The fraction of sp³-hybridized carbons (Fsp3) is 0.435. The Hall–Kier alpha value is -2.24. The molecule has 3 heterocycles. The number of likely N-dealkylation sites (tertiary alicyclic amines) is 1. The van der Waals surface area contributed by atoms with Crippen LogP contribution in [0.1, 0.15) is 36.8 Å². The minimum absolute atomic E-state index is 0.0775. The van der Waals surface area contributed by atoms with Crippen LogP contribution in [-0.2, 0) is 24.4 Å². The third-order valence-corrected chi connectivity index (χ3v) is 6.09. The number of aryl methyl sites for hydroxylation is 2. The van der Waals surface area contributed by atoms with Crippen molar-refractivity contribution in [3.05, 3.63) is 58.6 Å². The minimum atomic E-state index is 0.0775. The highest BCUT2D eigenvalue weighted by Crippen LogP contribution is 2.27. The number of hydrogen-bond donors (Lipinski definition) is 1. The number of benzene rings is 1. The van der Waals surface area contributed by atoms with Crippen molar-refractivity contribution in [2.75, 3.05) is 13.1 Å². The molecule has 1 aliphatic rings. The number of carbonyl (C=O) groups excluding carboxylic acids is 1. The molecule has 1 amide bonds. The Morgan fingerprint density at radius 3 is 2.72 bits per heavy atom. The van der Waals surface area contributed by atoms with Gasteiger partial charge >= 0.3 is 0 Å². The second-order valence-electron chi connectivity index (χ2n) is 7.88. The molecule has 4 rings (SSSR count). The lowest BCUT2D eigenvalue weighted by atomic mass is 9.95. The quantitative estimate of drug-likeness (QED) is 0.634. The largest absolute Gasteiger partial charge is 0.465 e. The molecule has 1 aliphatic heterocycles. The molecule has 29 heavy (non-hydrogen) atoms. The first kappa shape index (κ1) is 20.0. The van der Waals surface area contributed by atoms with E-state index in [1.54, 1.807) is 0 Å². The molecule has 0 saturated carbocycles. The second-order valence-corrected chi connectivity index (χ2v) is 8.32. The van der Waals surface area contributed by atoms with Crippen LogP contribution in [0.15, 0.2) is 40.9 Å². The van der Waals surface area contributed by atoms with E-state index < -0.39 is 0 Å². The Morgan fingerprint density at radius 2 is 2.03 bits per heavy atom. The Kier molecular flexibility index (Phi) is 5.97. The first-order chi connectivity index (χ1) is 14.0. The summed E-state index contributed by atoms with van der Waals surface area (Å²) in [5.74, 6) is 1.88. The maximum absolute atomic E-state index is 12.5. The average molecular weight is 414 g/mol. The van der Waals surface area contributed by atoms with Crippen molar-refractivity contribution in [2.45, 2.75) is 46.3 Å². The predicted molar refractivity (Wildman–Crippen MR) is 116 cm³/mol. The van der Waals surface area contributed by atoms with Crippen molar-refractivity contribution in [3.63, 3.8) is 0 Å². The molecule has 0 atom stereocenters. The van der Waals surface area contributed by atoms with Crippen LogP contribution in [0.4, 0.5) is 0 Å². The molecule has 6 heteroatoms. The lowest BCUT2D eigenvalue weighted by Gasteiger charge is -2.31. The maximum atomic E-state index is 12.5. The molecule has 0 aliphatic carbocycles. The highest BCUT2D eigenvalue weighted by molar-refractivity contribution is 6.31. The number of amides is 1. The molecule has 1 fully saturated rings. The number of rotatable bonds is 6. The third-order valence-electron chi connectivity index (χ3n) is 5.85. The summed E-state index contributed by atoms with van der Waals surface area (Å²) >= 11 is 6.24. The van der Waals surface area contributed by atoms with Gasteiger partial charge in [-0.25, -0.2) is 0 Å². The summed E-state index contributed by atoms with van der Waals surface area (Å²) < 4.78 is 7.80. The van der Waals surface area contributed by atoms with Crippen LogP contribution in [0.25, 0.3) is 10.9 Å². The Labute approximate surface area is 176 Å². The zero-order chi connectivity index (χ0) is 20.4. The van der Waals surface area contributed by atoms with Crippen LogP contribution in [0, 0.1) is 12.8 Å². The van der Waals surface area contributed by atoms with Gasteiger partial charge in [0.05, 0.1) is 6.54 Å². The number of fused-ring (bicyclic) bond motifs is 1. The van der Waals surface area contributed by atoms with E-state index in [0.29, 0.717) is 6.54 Å². The molecule has 1 N–H and O–H groups in total. The van der Waals surface area contributed by atoms with Gasteiger partial charge in [0.25, 0.3) is 0 Å². The number of furan rings is 1. The van der Waals surface area contributed by atoms with Gasteiger partial charge < -0.3 is 14.3 Å². The van der Waals surface area contributed by atoms with Crippen LogP contribution in [0.2, 0.25) is 5.02 Å². The van der Waals surface area contributed by atoms with Crippen molar-refractivity contribution in [1.82, 2.24) is 14.8 Å². The zero-order valence-electron chi connectivity index (χ0n) is 17.1. The number of hydrogen-bond acceptors (Lipinski definition) is 3. The lowest BCUT2D eigenvalue weighted by Crippen LogP contribution is -2.40. The standard InChI is InChI=1S/C23H28ClN3O2/c1-3-27-15-18(21-12-19(24)5-7-22(21)27)14-26-10-8-17(9-11-26)23(28)25-13-20-6-4-16(2)29-20/h4-7,12,15,17H,3,8-11,13-14H2,1-2H3,(H,25,28). The van der Waals surface area contributed by atoms with Crippen LogP contribution in [-0.4, -0.2) is 28.5 Å². The molecule has 5 nitrogen and oxygen atoms in total. The zero-order valence-corrected chi connectivity index (χ0v) is 17.8. The molecule has 154 valence electrons. The van der Waals surface area contributed by atoms with Crippen molar-refractivity contribution < 1.29 is 9.21 Å². The van der Waals surface area contributed by atoms with E-state index in [1.807, 2.05) is 25.1 Å². The number of halogens is 1. The number of nitrogens with zero attached hydrogens (tertiary/aromatic N) is 2. The highest BCUT2D eigenvalue weighted by atomic mass is 35.5. The Bertz CT molecular complexity index is 999. The first-order valence-electron chi connectivity index (χ1n) is 10.4. The average Bonchev–Trinajstić information content (AvgIpc) is 3.29. The summed E-state index contributed by atoms with van der Waals surface area (Å²) in [5, 5.41) is 5.02. The number of carbonyl (C=O) groups is 1. The summed E-state index contributed by atoms with van der Waals surface area (Å²) in [4.78, 5) is 14.9. The molecule has 0 bridgehead atoms. The van der Waals surface area contributed by atoms with Crippen molar-refractivity contribution in [1.29, 1.82) is 0 Å². The van der Waals surface area contributed by atoms with E-state index in [4.69, 9.17) is 16.0 Å². The highest BCUT2D eigenvalue weighted by Gasteiger charge is 2.25. The summed E-state index contributed by atoms with van der Waals surface area (Å²) in [6.07, 6.45) is 4.01. The summed E-state index contributed by atoms with van der Waals surface area (Å²) in [7, 11) is 0. The molecule has 3 aromatic rings. The van der Waals surface area contributed by atoms with Gasteiger partial charge in [-0.3, -0.25) is 9.69 Å². The molecule has 2 aromatic heterocycles. The molecule has 1 saturated heterocycles. The normalized spacial score (nSPS) is 15.8. The van der Waals surface area contributed by atoms with Crippen molar-refractivity contribution in [2.24, 2.45) is 5.92 Å². The number of piperidine rings is 1. The topological polar surface area (TPSA) is 50.4 Å². The van der Waals surface area contributed by atoms with Gasteiger partial charge in [0.2, 0.25) is 5.91 Å². The fourth-order valence-electron chi connectivity index (χ4n) is 4.22. The van der Waals surface area contributed by atoms with E-state index in [2.05, 4.69) is 40.0 Å². The Balaban J connectivity index is 1.33. The van der Waals surface area contributed by atoms with E-state index in [9.17, 15) is 4.79 Å². The van der Waals surface area contributed by atoms with Gasteiger partial charge in [0, 0.05) is 41.1 Å². The summed E-state index contributed by atoms with van der Waals surface area (Å²) in [6, 6.07) is 9.95. The fourth-order valence-corrected chi connectivity index (χ4v) is 4.40. The SMILES string of the molecule is CCn1cc(CN2CCC(C(=O)NCc3ccc(C)o3)CC2)c2cc(Cl)ccc21. The summed E-state index contributed by atoms with van der Waals surface area (Å²) in [5.41, 5.74) is 2.54. The van der Waals surface area contributed by atoms with E-state index in [0.717, 1.165) is 55.6 Å². The first-order valence-corrected chi connectivity index (χ1v) is 10.7. The van der Waals surface area contributed by atoms with Crippen LogP contribution in [0.3, 0.4) is 0 Å². The smallest absolute Gasteiger partial charge is 0.223 e. The van der Waals surface area contributed by atoms with Crippen molar-refractivity contribution in [3.8, 4) is 0 Å².